The van der Waals surface area contributed by atoms with Crippen LogP contribution < -0.4 is 0 Å². The highest BCUT2D eigenvalue weighted by atomic mass is 31.1. The van der Waals surface area contributed by atoms with Gasteiger partial charge in [0.05, 0.1) is 0 Å². The summed E-state index contributed by atoms with van der Waals surface area (Å²) in [6.45, 7) is 0. The molecule has 0 aliphatic rings. The van der Waals surface area contributed by atoms with Crippen LogP contribution in [0.3, 0.4) is 0 Å². The number of hydrogen-bond acceptors (Lipinski definition) is 1. The Bertz CT molecular complexity index is 621. The summed E-state index contributed by atoms with van der Waals surface area (Å²) in [4.78, 5) is 7.62. The average molecular weight is 385 g/mol. The minimum Gasteiger partial charge on any atom is -0.189 e. The molecule has 1 unspecified atom stereocenters. The van der Waals surface area contributed by atoms with E-state index in [4.69, 9.17) is 4.89 Å². The lowest BCUT2D eigenvalue weighted by Gasteiger charge is -2.27. The number of halogens is 9. The third-order valence-electron chi connectivity index (χ3n) is 2.77. The minimum atomic E-state index is -7.13. The van der Waals surface area contributed by atoms with E-state index in [0.717, 1.165) is 0 Å². The summed E-state index contributed by atoms with van der Waals surface area (Å²) in [5, 5.41) is 2.61. The predicted molar refractivity (Wildman–Crippen MR) is 65.9 cm³/mol. The van der Waals surface area contributed by atoms with Crippen LogP contribution in [0, 0.1) is 0 Å². The van der Waals surface area contributed by atoms with E-state index in [-0.39, 0.29) is 0 Å². The van der Waals surface area contributed by atoms with Gasteiger partial charge in [-0.15, -0.1) is 8.78 Å². The van der Waals surface area contributed by atoms with E-state index in [1.807, 2.05) is 0 Å². The molecule has 3 aromatic rings. The van der Waals surface area contributed by atoms with Crippen molar-refractivity contribution < 1.29 is 49.0 Å². The van der Waals surface area contributed by atoms with Gasteiger partial charge in [0.15, 0.2) is 0 Å². The van der Waals surface area contributed by atoms with Crippen molar-refractivity contribution in [2.75, 3.05) is 0 Å². The lowest BCUT2D eigenvalue weighted by molar-refractivity contribution is -0.382. The Hall–Kier alpha value is -1.61. The molecule has 0 aromatic heterocycles. The highest BCUT2D eigenvalue weighted by Gasteiger charge is 2.89. The van der Waals surface area contributed by atoms with Crippen LogP contribution in [0.4, 0.5) is 39.5 Å². The Kier molecular flexibility index (Phi) is 5.42. The number of rotatable bonds is 3. The molecule has 12 heteroatoms. The number of benzene rings is 3. The lowest BCUT2D eigenvalue weighted by Crippen LogP contribution is -2.59. The molecule has 0 amide bonds. The van der Waals surface area contributed by atoms with E-state index in [9.17, 15) is 44.1 Å². The predicted octanol–water partition coefficient (Wildman–Crippen LogP) is 5.42. The maximum atomic E-state index is 12.2. The smallest absolute Gasteiger partial charge is 0.189 e. The standard InChI is InChI=1S/C8H6.C4F9O2P/c1-2-8-5-3-7(1)4-6-8;5-1(6,3(9,10)11)2(7,8)4(12,13)16(14)15/h1-6H;/p+1. The SMILES string of the molecule is O=[P+](O)C(F)(F)C(F)(F)C(F)(F)C(F)(F)F.c1cc2ccc1cc2. The maximum Gasteiger partial charge on any atom is 0.591 e. The van der Waals surface area contributed by atoms with Gasteiger partial charge >= 0.3 is 31.7 Å². The summed E-state index contributed by atoms with van der Waals surface area (Å²) in [6.07, 6.45) is -6.98. The zero-order valence-electron chi connectivity index (χ0n) is 11.2. The van der Waals surface area contributed by atoms with Crippen LogP contribution in [0.25, 0.3) is 10.8 Å². The maximum absolute atomic E-state index is 12.2. The van der Waals surface area contributed by atoms with Crippen molar-refractivity contribution in [2.45, 2.75) is 23.7 Å². The van der Waals surface area contributed by atoms with Crippen molar-refractivity contribution in [3.8, 4) is 0 Å². The van der Waals surface area contributed by atoms with Crippen LogP contribution in [0.2, 0.25) is 0 Å². The monoisotopic (exact) mass is 385 g/mol. The number of fused-ring (bicyclic) bond motifs is 3. The second-order valence-electron chi connectivity index (χ2n) is 4.46. The summed E-state index contributed by atoms with van der Waals surface area (Å²) in [7, 11) is -5.26. The van der Waals surface area contributed by atoms with E-state index in [1.54, 1.807) is 0 Å². The first kappa shape index (κ1) is 20.4. The third kappa shape index (κ3) is 3.56. The van der Waals surface area contributed by atoms with Crippen molar-refractivity contribution in [3.05, 3.63) is 36.4 Å². The quantitative estimate of drug-likeness (QED) is 0.566. The molecule has 1 N–H and O–H groups in total. The second-order valence-corrected chi connectivity index (χ2v) is 5.57. The van der Waals surface area contributed by atoms with Gasteiger partial charge in [0.2, 0.25) is 0 Å². The van der Waals surface area contributed by atoms with Crippen molar-refractivity contribution in [1.29, 1.82) is 0 Å². The topological polar surface area (TPSA) is 37.3 Å². The van der Waals surface area contributed by atoms with Gasteiger partial charge in [-0.05, 0) is 15.3 Å². The van der Waals surface area contributed by atoms with Crippen LogP contribution >= 0.6 is 8.03 Å². The summed E-state index contributed by atoms with van der Waals surface area (Å²) >= 11 is 0. The van der Waals surface area contributed by atoms with Crippen molar-refractivity contribution >= 4 is 18.8 Å². The van der Waals surface area contributed by atoms with Gasteiger partial charge < -0.3 is 0 Å². The van der Waals surface area contributed by atoms with Crippen LogP contribution in [0.1, 0.15) is 0 Å². The molecule has 0 fully saturated rings. The van der Waals surface area contributed by atoms with Gasteiger partial charge in [-0.1, -0.05) is 36.4 Å². The van der Waals surface area contributed by atoms with Crippen LogP contribution in [0.15, 0.2) is 36.4 Å². The molecule has 24 heavy (non-hydrogen) atoms. The highest BCUT2D eigenvalue weighted by molar-refractivity contribution is 7.39. The Morgan fingerprint density at radius 2 is 0.958 bits per heavy atom. The molecule has 0 aliphatic carbocycles. The molecule has 0 radical (unpaired) electrons. The van der Waals surface area contributed by atoms with Crippen molar-refractivity contribution in [2.24, 2.45) is 0 Å². The first-order valence-electron chi connectivity index (χ1n) is 5.79. The van der Waals surface area contributed by atoms with Crippen LogP contribution in [0.5, 0.6) is 0 Å². The molecular formula is C12H7F9O2P+. The molecule has 3 aromatic carbocycles. The van der Waals surface area contributed by atoms with Crippen molar-refractivity contribution in [1.82, 2.24) is 0 Å². The van der Waals surface area contributed by atoms with Crippen molar-refractivity contribution in [3.63, 3.8) is 0 Å². The normalized spacial score (nSPS) is 14.3. The van der Waals surface area contributed by atoms with E-state index < -0.39 is 31.7 Å². The minimum absolute atomic E-state index is 1.31. The molecule has 0 saturated carbocycles. The van der Waals surface area contributed by atoms with Gasteiger partial charge in [0, 0.05) is 0 Å². The Labute approximate surface area is 129 Å². The molecule has 0 saturated heterocycles. The van der Waals surface area contributed by atoms with E-state index in [0.29, 0.717) is 0 Å². The zero-order chi connectivity index (χ0) is 19.0. The van der Waals surface area contributed by atoms with E-state index in [2.05, 4.69) is 36.4 Å². The molecule has 0 aliphatic heterocycles. The first-order valence-corrected chi connectivity index (χ1v) is 7.00. The molecule has 1 atom stereocenters. The number of hydrogen-bond donors (Lipinski definition) is 1. The van der Waals surface area contributed by atoms with Gasteiger partial charge in [-0.3, -0.25) is 0 Å². The molecule has 3 rings (SSSR count). The molecule has 2 nitrogen and oxygen atoms in total. The molecule has 0 spiro atoms. The van der Waals surface area contributed by atoms with Gasteiger partial charge in [-0.25, -0.2) is 0 Å². The fourth-order valence-electron chi connectivity index (χ4n) is 1.40. The molecule has 134 valence electrons. The molecular weight excluding hydrogens is 378 g/mol. The van der Waals surface area contributed by atoms with Crippen LogP contribution in [-0.4, -0.2) is 28.6 Å². The first-order chi connectivity index (χ1) is 10.6. The zero-order valence-corrected chi connectivity index (χ0v) is 12.1. The summed E-state index contributed by atoms with van der Waals surface area (Å²) in [6, 6.07) is 12.7. The van der Waals surface area contributed by atoms with Gasteiger partial charge in [-0.2, -0.15) is 35.6 Å². The third-order valence-corrected chi connectivity index (χ3v) is 3.53. The average Bonchev–Trinajstić information content (AvgIpc) is 2.48. The Balaban J connectivity index is 0.000000292. The Morgan fingerprint density at radius 3 is 1.12 bits per heavy atom. The summed E-state index contributed by atoms with van der Waals surface area (Å²) in [5.74, 6) is -14.2. The second kappa shape index (κ2) is 6.36. The van der Waals surface area contributed by atoms with Gasteiger partial charge in [0.25, 0.3) is 0 Å². The fraction of sp³-hybridized carbons (Fsp3) is 0.333. The largest absolute Gasteiger partial charge is 0.591 e. The number of alkyl halides is 9. The summed E-state index contributed by atoms with van der Waals surface area (Å²) < 4.78 is 116. The molecule has 0 heterocycles. The van der Waals surface area contributed by atoms with Crippen LogP contribution in [-0.2, 0) is 4.57 Å². The lowest BCUT2D eigenvalue weighted by atomic mass is 10.1. The van der Waals surface area contributed by atoms with E-state index in [1.165, 1.54) is 10.8 Å². The highest BCUT2D eigenvalue weighted by Crippen LogP contribution is 2.59. The van der Waals surface area contributed by atoms with E-state index >= 15 is 0 Å². The molecule has 2 bridgehead atoms. The van der Waals surface area contributed by atoms with Gasteiger partial charge in [0.1, 0.15) is 0 Å². The summed E-state index contributed by atoms with van der Waals surface area (Å²) in [5.41, 5.74) is -6.40. The Morgan fingerprint density at radius 1 is 0.667 bits per heavy atom. The fourth-order valence-corrected chi connectivity index (χ4v) is 1.78.